The van der Waals surface area contributed by atoms with Gasteiger partial charge in [-0.15, -0.1) is 0 Å². The van der Waals surface area contributed by atoms with E-state index in [4.69, 9.17) is 10.4 Å². The van der Waals surface area contributed by atoms with E-state index < -0.39 is 63.4 Å². The SMILES string of the molecule is Cc1cc(C#N)cnc1C(=O)Nc1ccc(F)c([C@]2(C)CS(=O)(=NCC(F)(F)F)N(C)C(NC(=O)O)=N2)n1. The van der Waals surface area contributed by atoms with Gasteiger partial charge in [0.2, 0.25) is 5.96 Å². The second kappa shape index (κ2) is 10.2. The van der Waals surface area contributed by atoms with Crippen molar-refractivity contribution < 1.29 is 36.5 Å². The highest BCUT2D eigenvalue weighted by Crippen LogP contribution is 2.34. The molecule has 2 aromatic heterocycles. The van der Waals surface area contributed by atoms with Gasteiger partial charge in [-0.3, -0.25) is 14.4 Å². The molecule has 38 heavy (non-hydrogen) atoms. The molecular weight excluding hydrogens is 536 g/mol. The number of rotatable bonds is 4. The summed E-state index contributed by atoms with van der Waals surface area (Å²) in [7, 11) is -2.98. The van der Waals surface area contributed by atoms with E-state index in [0.717, 1.165) is 19.2 Å². The lowest BCUT2D eigenvalue weighted by atomic mass is 10.00. The first-order valence-corrected chi connectivity index (χ1v) is 12.2. The van der Waals surface area contributed by atoms with Gasteiger partial charge in [0, 0.05) is 13.2 Å². The average molecular weight is 557 g/mol. The van der Waals surface area contributed by atoms with Crippen molar-refractivity contribution in [3.05, 3.63) is 52.7 Å². The lowest BCUT2D eigenvalue weighted by molar-refractivity contribution is -0.117. The summed E-state index contributed by atoms with van der Waals surface area (Å²) in [5, 5.41) is 22.3. The molecule has 1 aliphatic heterocycles. The number of halogens is 4. The Kier molecular flexibility index (Phi) is 7.58. The van der Waals surface area contributed by atoms with Crippen LogP contribution in [0.3, 0.4) is 0 Å². The minimum atomic E-state index is -4.82. The normalized spacial score (nSPS) is 21.2. The molecule has 17 heteroatoms. The van der Waals surface area contributed by atoms with Gasteiger partial charge >= 0.3 is 12.3 Å². The number of hydrogen-bond donors (Lipinski definition) is 3. The molecule has 0 saturated carbocycles. The number of hydrogen-bond acceptors (Lipinski definition) is 8. The molecule has 0 bridgehead atoms. The Hall–Kier alpha value is -4.33. The molecule has 1 unspecified atom stereocenters. The van der Waals surface area contributed by atoms with Crippen LogP contribution in [0, 0.1) is 24.1 Å². The van der Waals surface area contributed by atoms with Crippen LogP contribution in [0.1, 0.15) is 34.2 Å². The molecule has 3 heterocycles. The highest BCUT2D eigenvalue weighted by Gasteiger charge is 2.44. The lowest BCUT2D eigenvalue weighted by Gasteiger charge is -2.37. The maximum Gasteiger partial charge on any atom is 0.411 e. The number of aromatic nitrogens is 2. The molecule has 0 aliphatic carbocycles. The number of carboxylic acid groups (broad SMARTS) is 1. The zero-order chi connectivity index (χ0) is 28.5. The van der Waals surface area contributed by atoms with Gasteiger partial charge in [0.1, 0.15) is 51.1 Å². The molecule has 12 nitrogen and oxygen atoms in total. The molecule has 0 radical (unpaired) electrons. The third-order valence-corrected chi connectivity index (χ3v) is 7.73. The second-order valence-electron chi connectivity index (χ2n) is 8.27. The highest BCUT2D eigenvalue weighted by molar-refractivity contribution is 7.92. The Morgan fingerprint density at radius 3 is 2.61 bits per heavy atom. The Bertz CT molecular complexity index is 1500. The number of nitrogens with one attached hydrogen (secondary N) is 2. The van der Waals surface area contributed by atoms with Gasteiger partial charge in [-0.25, -0.2) is 32.7 Å². The number of aliphatic imine (C=N–C) groups is 1. The molecule has 0 aromatic carbocycles. The summed E-state index contributed by atoms with van der Waals surface area (Å²) in [6.45, 7) is 0.920. The summed E-state index contributed by atoms with van der Waals surface area (Å²) in [5.41, 5.74) is -1.97. The maximum atomic E-state index is 15.0. The molecular formula is C21H20F4N8O4S. The molecule has 2 amide bonds. The summed E-state index contributed by atoms with van der Waals surface area (Å²) in [6.07, 6.45) is -5.31. The molecule has 2 atom stereocenters. The Labute approximate surface area is 213 Å². The van der Waals surface area contributed by atoms with Gasteiger partial charge in [-0.1, -0.05) is 0 Å². The predicted molar refractivity (Wildman–Crippen MR) is 126 cm³/mol. The third-order valence-electron chi connectivity index (χ3n) is 5.23. The number of guanidine groups is 1. The van der Waals surface area contributed by atoms with E-state index in [9.17, 15) is 31.4 Å². The van der Waals surface area contributed by atoms with Crippen molar-refractivity contribution in [2.45, 2.75) is 25.6 Å². The van der Waals surface area contributed by atoms with Gasteiger partial charge in [-0.05, 0) is 37.6 Å². The smallest absolute Gasteiger partial charge is 0.411 e. The Morgan fingerprint density at radius 2 is 2.03 bits per heavy atom. The summed E-state index contributed by atoms with van der Waals surface area (Å²) in [4.78, 5) is 36.0. The zero-order valence-corrected chi connectivity index (χ0v) is 20.8. The van der Waals surface area contributed by atoms with Crippen LogP contribution in [0.15, 0.2) is 33.8 Å². The van der Waals surface area contributed by atoms with Crippen molar-refractivity contribution in [2.75, 3.05) is 24.7 Å². The van der Waals surface area contributed by atoms with Crippen LogP contribution in [0.4, 0.5) is 28.2 Å². The third kappa shape index (κ3) is 6.14. The molecule has 202 valence electrons. The first kappa shape index (κ1) is 28.2. The topological polar surface area (TPSA) is 173 Å². The van der Waals surface area contributed by atoms with Crippen molar-refractivity contribution in [1.82, 2.24) is 19.6 Å². The van der Waals surface area contributed by atoms with Gasteiger partial charge < -0.3 is 10.4 Å². The number of nitrogens with zero attached hydrogens (tertiary/aromatic N) is 6. The lowest BCUT2D eigenvalue weighted by Crippen LogP contribution is -2.53. The number of amides is 2. The average Bonchev–Trinajstić information content (AvgIpc) is 2.81. The summed E-state index contributed by atoms with van der Waals surface area (Å²) in [5.74, 6) is -3.41. The number of alkyl halides is 3. The van der Waals surface area contributed by atoms with Crippen molar-refractivity contribution in [1.29, 1.82) is 5.26 Å². The van der Waals surface area contributed by atoms with Crippen molar-refractivity contribution >= 4 is 33.7 Å². The standard InChI is InChI=1S/C21H20F4N8O4S/c1-11-6-12(7-26)8-27-15(11)17(34)30-14-5-4-13(22)16(29-14)20(2)10-38(37,28-9-21(23,24)25)33(3)18(32-20)31-19(35)36/h4-6,8H,9-10H2,1-3H3,(H,31,32)(H,35,36)(H,29,30,34)/t20-,38?/m0/s1. The quantitative estimate of drug-likeness (QED) is 0.486. The maximum absolute atomic E-state index is 15.0. The number of aryl methyl sites for hydroxylation is 1. The number of pyridine rings is 2. The molecule has 0 spiro atoms. The van der Waals surface area contributed by atoms with Gasteiger partial charge in [0.05, 0.1) is 11.3 Å². The van der Waals surface area contributed by atoms with Crippen LogP contribution in [0.25, 0.3) is 0 Å². The zero-order valence-electron chi connectivity index (χ0n) is 20.0. The second-order valence-corrected chi connectivity index (χ2v) is 10.6. The van der Waals surface area contributed by atoms with E-state index in [1.54, 1.807) is 6.92 Å². The fourth-order valence-corrected chi connectivity index (χ4v) is 5.60. The van der Waals surface area contributed by atoms with Gasteiger partial charge in [0.25, 0.3) is 5.91 Å². The first-order valence-electron chi connectivity index (χ1n) is 10.5. The van der Waals surface area contributed by atoms with Crippen LogP contribution in [-0.4, -0.2) is 67.1 Å². The van der Waals surface area contributed by atoms with Gasteiger partial charge in [0.15, 0.2) is 0 Å². The Morgan fingerprint density at radius 1 is 1.34 bits per heavy atom. The van der Waals surface area contributed by atoms with Gasteiger partial charge in [-0.2, -0.15) is 18.4 Å². The minimum absolute atomic E-state index is 0.0536. The predicted octanol–water partition coefficient (Wildman–Crippen LogP) is 2.78. The van der Waals surface area contributed by atoms with E-state index in [1.165, 1.54) is 19.2 Å². The first-order chi connectivity index (χ1) is 17.6. The minimum Gasteiger partial charge on any atom is -0.465 e. The number of anilines is 1. The summed E-state index contributed by atoms with van der Waals surface area (Å²) >= 11 is 0. The molecule has 0 fully saturated rings. The van der Waals surface area contributed by atoms with E-state index in [2.05, 4.69) is 24.6 Å². The number of carbonyl (C=O) groups is 2. The van der Waals surface area contributed by atoms with Crippen LogP contribution < -0.4 is 10.6 Å². The molecule has 3 N–H and O–H groups in total. The van der Waals surface area contributed by atoms with Crippen LogP contribution in [-0.2, 0) is 15.5 Å². The van der Waals surface area contributed by atoms with Crippen LogP contribution in [0.5, 0.6) is 0 Å². The molecule has 2 aromatic rings. The summed E-state index contributed by atoms with van der Waals surface area (Å²) < 4.78 is 71.0. The van der Waals surface area contributed by atoms with E-state index in [1.807, 2.05) is 11.4 Å². The Balaban J connectivity index is 2.06. The van der Waals surface area contributed by atoms with Crippen LogP contribution in [0.2, 0.25) is 0 Å². The van der Waals surface area contributed by atoms with E-state index in [0.29, 0.717) is 9.87 Å². The highest BCUT2D eigenvalue weighted by atomic mass is 32.2. The number of carbonyl (C=O) groups excluding carboxylic acids is 1. The van der Waals surface area contributed by atoms with Crippen molar-refractivity contribution in [3.8, 4) is 6.07 Å². The van der Waals surface area contributed by atoms with Crippen LogP contribution >= 0.6 is 0 Å². The fraction of sp³-hybridized carbons (Fsp3) is 0.333. The van der Waals surface area contributed by atoms with E-state index in [-0.39, 0.29) is 17.1 Å². The van der Waals surface area contributed by atoms with E-state index >= 15 is 0 Å². The largest absolute Gasteiger partial charge is 0.465 e. The van der Waals surface area contributed by atoms with Crippen molar-refractivity contribution in [3.63, 3.8) is 0 Å². The molecule has 3 rings (SSSR count). The number of nitriles is 1. The fourth-order valence-electron chi connectivity index (χ4n) is 3.50. The summed E-state index contributed by atoms with van der Waals surface area (Å²) in [6, 6.07) is 5.30. The van der Waals surface area contributed by atoms with Crippen molar-refractivity contribution in [2.24, 2.45) is 9.36 Å². The monoisotopic (exact) mass is 556 g/mol. The molecule has 0 saturated heterocycles. The molecule has 1 aliphatic rings.